The highest BCUT2D eigenvalue weighted by Crippen LogP contribution is 2.38. The molecule has 2 heterocycles. The van der Waals surface area contributed by atoms with E-state index in [0.29, 0.717) is 41.0 Å². The molecule has 8 nitrogen and oxygen atoms in total. The van der Waals surface area contributed by atoms with Gasteiger partial charge in [-0.25, -0.2) is 9.69 Å². The van der Waals surface area contributed by atoms with Gasteiger partial charge in [0.05, 0.1) is 37.6 Å². The predicted octanol–water partition coefficient (Wildman–Crippen LogP) is 3.01. The number of anilines is 1. The molecule has 1 saturated heterocycles. The van der Waals surface area contributed by atoms with Gasteiger partial charge in [0, 0.05) is 6.42 Å². The summed E-state index contributed by atoms with van der Waals surface area (Å²) < 4.78 is 16.3. The first kappa shape index (κ1) is 19.1. The van der Waals surface area contributed by atoms with Gasteiger partial charge in [-0.2, -0.15) is 0 Å². The van der Waals surface area contributed by atoms with Gasteiger partial charge in [-0.1, -0.05) is 11.6 Å². The van der Waals surface area contributed by atoms with E-state index < -0.39 is 17.8 Å². The zero-order valence-electron chi connectivity index (χ0n) is 15.5. The number of fused-ring (bicyclic) bond motifs is 1. The Bertz CT molecular complexity index is 991. The molecule has 2 aliphatic heterocycles. The molecule has 0 saturated carbocycles. The van der Waals surface area contributed by atoms with E-state index in [0.717, 1.165) is 16.2 Å². The summed E-state index contributed by atoms with van der Waals surface area (Å²) >= 11 is 6.28. The van der Waals surface area contributed by atoms with Crippen LogP contribution >= 0.6 is 11.6 Å². The molecule has 4 amide bonds. The molecular formula is C20H17ClN2O6. The van der Waals surface area contributed by atoms with Crippen LogP contribution in [0.3, 0.4) is 0 Å². The number of methoxy groups -OCH3 is 1. The number of hydrogen-bond donors (Lipinski definition) is 0. The highest BCUT2D eigenvalue weighted by Gasteiger charge is 2.45. The van der Waals surface area contributed by atoms with Gasteiger partial charge in [0.1, 0.15) is 5.75 Å². The van der Waals surface area contributed by atoms with Crippen LogP contribution in [0.4, 0.5) is 10.5 Å². The van der Waals surface area contributed by atoms with Crippen molar-refractivity contribution in [3.63, 3.8) is 0 Å². The second-order valence-corrected chi connectivity index (χ2v) is 6.88. The number of benzene rings is 2. The molecule has 0 unspecified atom stereocenters. The standard InChI is InChI=1S/C20H17ClN2O6/c1-27-14-5-3-13(4-6-14)23-19(25)18(24)22(20(23)26)11-12-9-15(21)17-16(10-12)28-7-2-8-29-17/h3-6,9-10H,2,7-8,11H2,1H3. The number of urea groups is 1. The molecule has 150 valence electrons. The Morgan fingerprint density at radius 3 is 2.48 bits per heavy atom. The van der Waals surface area contributed by atoms with E-state index in [2.05, 4.69) is 0 Å². The van der Waals surface area contributed by atoms with Gasteiger partial charge >= 0.3 is 17.8 Å². The number of rotatable bonds is 4. The Morgan fingerprint density at radius 2 is 1.76 bits per heavy atom. The Kier molecular flexibility index (Phi) is 5.02. The first-order valence-electron chi connectivity index (χ1n) is 8.91. The number of carbonyl (C=O) groups excluding carboxylic acids is 3. The average molecular weight is 417 g/mol. The van der Waals surface area contributed by atoms with Crippen molar-refractivity contribution in [1.29, 1.82) is 0 Å². The highest BCUT2D eigenvalue weighted by atomic mass is 35.5. The van der Waals surface area contributed by atoms with Crippen molar-refractivity contribution in [2.45, 2.75) is 13.0 Å². The van der Waals surface area contributed by atoms with E-state index in [1.54, 1.807) is 24.3 Å². The molecule has 0 N–H and O–H groups in total. The van der Waals surface area contributed by atoms with Crippen molar-refractivity contribution < 1.29 is 28.6 Å². The minimum Gasteiger partial charge on any atom is -0.497 e. The number of nitrogens with zero attached hydrogens (tertiary/aromatic N) is 2. The smallest absolute Gasteiger partial charge is 0.339 e. The summed E-state index contributed by atoms with van der Waals surface area (Å²) in [7, 11) is 1.51. The number of carbonyl (C=O) groups is 3. The van der Waals surface area contributed by atoms with E-state index in [1.165, 1.54) is 19.2 Å². The molecule has 0 spiro atoms. The molecule has 9 heteroatoms. The molecule has 2 aromatic rings. The van der Waals surface area contributed by atoms with E-state index >= 15 is 0 Å². The van der Waals surface area contributed by atoms with Crippen LogP contribution in [0, 0.1) is 0 Å². The largest absolute Gasteiger partial charge is 0.497 e. The number of imide groups is 2. The fourth-order valence-corrected chi connectivity index (χ4v) is 3.45. The normalized spacial score (nSPS) is 16.3. The highest BCUT2D eigenvalue weighted by molar-refractivity contribution is 6.52. The van der Waals surface area contributed by atoms with E-state index in [-0.39, 0.29) is 12.2 Å². The van der Waals surface area contributed by atoms with Crippen LogP contribution in [-0.4, -0.2) is 43.1 Å². The van der Waals surface area contributed by atoms with Crippen molar-refractivity contribution in [3.8, 4) is 17.2 Å². The Labute approximate surface area is 171 Å². The maximum Gasteiger partial charge on any atom is 0.339 e. The molecule has 0 atom stereocenters. The zero-order valence-corrected chi connectivity index (χ0v) is 16.3. The van der Waals surface area contributed by atoms with Crippen LogP contribution in [0.25, 0.3) is 0 Å². The van der Waals surface area contributed by atoms with Gasteiger partial charge in [0.25, 0.3) is 0 Å². The maximum absolute atomic E-state index is 12.8. The summed E-state index contributed by atoms with van der Waals surface area (Å²) in [5, 5.41) is 0.317. The quantitative estimate of drug-likeness (QED) is 0.562. The molecule has 2 aliphatic rings. The Hall–Kier alpha value is -3.26. The second-order valence-electron chi connectivity index (χ2n) is 6.47. The van der Waals surface area contributed by atoms with Crippen LogP contribution in [0.2, 0.25) is 5.02 Å². The van der Waals surface area contributed by atoms with Crippen LogP contribution < -0.4 is 19.1 Å². The molecule has 1 fully saturated rings. The van der Waals surface area contributed by atoms with Crippen LogP contribution in [0.5, 0.6) is 17.2 Å². The molecule has 0 radical (unpaired) electrons. The van der Waals surface area contributed by atoms with Gasteiger partial charge in [-0.3, -0.25) is 14.5 Å². The SMILES string of the molecule is COc1ccc(N2C(=O)C(=O)N(Cc3cc(Cl)c4c(c3)OCCCO4)C2=O)cc1. The topological polar surface area (TPSA) is 85.4 Å². The Morgan fingerprint density at radius 1 is 1.03 bits per heavy atom. The summed E-state index contributed by atoms with van der Waals surface area (Å²) in [5.74, 6) is -0.377. The monoisotopic (exact) mass is 416 g/mol. The molecule has 2 aromatic carbocycles. The number of amides is 4. The van der Waals surface area contributed by atoms with Crippen molar-refractivity contribution in [2.75, 3.05) is 25.2 Å². The van der Waals surface area contributed by atoms with Crippen molar-refractivity contribution >= 4 is 35.1 Å². The number of hydrogen-bond acceptors (Lipinski definition) is 6. The third kappa shape index (κ3) is 3.47. The molecule has 4 rings (SSSR count). The first-order valence-corrected chi connectivity index (χ1v) is 9.29. The van der Waals surface area contributed by atoms with Crippen molar-refractivity contribution in [1.82, 2.24) is 4.90 Å². The zero-order chi connectivity index (χ0) is 20.5. The second kappa shape index (κ2) is 7.63. The fourth-order valence-electron chi connectivity index (χ4n) is 3.16. The van der Waals surface area contributed by atoms with Gasteiger partial charge in [0.15, 0.2) is 11.5 Å². The molecule has 0 bridgehead atoms. The van der Waals surface area contributed by atoms with Crippen molar-refractivity contribution in [3.05, 3.63) is 47.0 Å². The lowest BCUT2D eigenvalue weighted by Gasteiger charge is -2.17. The van der Waals surface area contributed by atoms with Gasteiger partial charge in [-0.15, -0.1) is 0 Å². The van der Waals surface area contributed by atoms with Gasteiger partial charge in [0.2, 0.25) is 0 Å². The fraction of sp³-hybridized carbons (Fsp3) is 0.250. The summed E-state index contributed by atoms with van der Waals surface area (Å²) in [6.07, 6.45) is 0.717. The van der Waals surface area contributed by atoms with Gasteiger partial charge in [-0.05, 0) is 42.0 Å². The predicted molar refractivity (Wildman–Crippen MR) is 103 cm³/mol. The van der Waals surface area contributed by atoms with Crippen LogP contribution in [0.15, 0.2) is 36.4 Å². The average Bonchev–Trinajstić information content (AvgIpc) is 2.89. The van der Waals surface area contributed by atoms with Crippen LogP contribution in [-0.2, 0) is 16.1 Å². The summed E-state index contributed by atoms with van der Waals surface area (Å²) in [4.78, 5) is 39.4. The summed E-state index contributed by atoms with van der Waals surface area (Å²) in [6, 6.07) is 8.81. The van der Waals surface area contributed by atoms with Crippen LogP contribution in [0.1, 0.15) is 12.0 Å². The lowest BCUT2D eigenvalue weighted by atomic mass is 10.2. The molecule has 0 aliphatic carbocycles. The maximum atomic E-state index is 12.8. The lowest BCUT2D eigenvalue weighted by Crippen LogP contribution is -2.33. The van der Waals surface area contributed by atoms with E-state index in [4.69, 9.17) is 25.8 Å². The molecule has 29 heavy (non-hydrogen) atoms. The van der Waals surface area contributed by atoms with Gasteiger partial charge < -0.3 is 14.2 Å². The van der Waals surface area contributed by atoms with Crippen molar-refractivity contribution in [2.24, 2.45) is 0 Å². The summed E-state index contributed by atoms with van der Waals surface area (Å²) in [6.45, 7) is 0.838. The minimum absolute atomic E-state index is 0.119. The van der Waals surface area contributed by atoms with E-state index in [9.17, 15) is 14.4 Å². The third-order valence-corrected chi connectivity index (χ3v) is 4.87. The minimum atomic E-state index is -0.916. The van der Waals surface area contributed by atoms with E-state index in [1.807, 2.05) is 0 Å². The third-order valence-electron chi connectivity index (χ3n) is 4.59. The summed E-state index contributed by atoms with van der Waals surface area (Å²) in [5.41, 5.74) is 0.832. The first-order chi connectivity index (χ1) is 14.0. The number of halogens is 1. The number of ether oxygens (including phenoxy) is 3. The Balaban J connectivity index is 1.60. The molecular weight excluding hydrogens is 400 g/mol. The lowest BCUT2D eigenvalue weighted by molar-refractivity contribution is -0.139. The molecule has 0 aromatic heterocycles.